The average molecular weight is 434 g/mol. The monoisotopic (exact) mass is 433 g/mol. The summed E-state index contributed by atoms with van der Waals surface area (Å²) in [5.74, 6) is 0.621. The molecule has 0 unspecified atom stereocenters. The van der Waals surface area contributed by atoms with E-state index in [2.05, 4.69) is 9.97 Å². The van der Waals surface area contributed by atoms with Crippen LogP contribution in [0.15, 0.2) is 78.1 Å². The molecule has 158 valence electrons. The Morgan fingerprint density at radius 1 is 1.10 bits per heavy atom. The third-order valence-electron chi connectivity index (χ3n) is 4.62. The largest absolute Gasteiger partial charge is 0.399 e. The van der Waals surface area contributed by atoms with Crippen LogP contribution in [0.25, 0.3) is 10.9 Å². The van der Waals surface area contributed by atoms with Gasteiger partial charge in [0.05, 0.1) is 29.2 Å². The third kappa shape index (κ3) is 5.23. The number of nitrogens with one attached hydrogen (secondary N) is 1. The Bertz CT molecular complexity index is 1160. The highest BCUT2D eigenvalue weighted by molar-refractivity contribution is 8.00. The molecule has 5 N–H and O–H groups in total. The number of nitrogens with two attached hydrogens (primary N) is 2. The maximum Gasteiger partial charge on any atom is 0.237 e. The fourth-order valence-electron chi connectivity index (χ4n) is 3.14. The molecule has 4 aromatic rings. The molecule has 31 heavy (non-hydrogen) atoms. The molecule has 2 aromatic heterocycles. The molecule has 0 bridgehead atoms. The first-order valence-electron chi connectivity index (χ1n) is 9.44. The van der Waals surface area contributed by atoms with E-state index in [1.54, 1.807) is 30.4 Å². The van der Waals surface area contributed by atoms with E-state index in [0.717, 1.165) is 32.7 Å². The first-order chi connectivity index (χ1) is 15.1. The summed E-state index contributed by atoms with van der Waals surface area (Å²) in [6.45, 7) is 2.59. The topological polar surface area (TPSA) is 118 Å². The molecule has 0 radical (unpaired) electrons. The fourth-order valence-corrected chi connectivity index (χ4v) is 4.06. The van der Waals surface area contributed by atoms with Gasteiger partial charge >= 0.3 is 0 Å². The third-order valence-corrected chi connectivity index (χ3v) is 5.67. The number of pyridine rings is 1. The van der Waals surface area contributed by atoms with E-state index < -0.39 is 0 Å². The van der Waals surface area contributed by atoms with Crippen LogP contribution in [0.1, 0.15) is 5.56 Å². The number of H-pyrrole nitrogens is 1. The van der Waals surface area contributed by atoms with Gasteiger partial charge in [0.1, 0.15) is 6.79 Å². The van der Waals surface area contributed by atoms with Gasteiger partial charge in [0.2, 0.25) is 5.91 Å². The number of nitrogen functional groups attached to an aromatic ring is 2. The summed E-state index contributed by atoms with van der Waals surface area (Å²) in [6, 6.07) is 17.6. The maximum absolute atomic E-state index is 12.1. The molecule has 7 nitrogen and oxygen atoms in total. The number of fused-ring (bicyclic) bond motifs is 2. The number of aromatic amines is 1. The SMILES string of the molecule is C=O.Nc1c[nH]c2ccncc12.Nc1ccc2c(c1)N(Cc1ccccc1)C(=O)CS2. The highest BCUT2D eigenvalue weighted by atomic mass is 32.2. The van der Waals surface area contributed by atoms with Crippen LogP contribution in [-0.2, 0) is 16.1 Å². The molecule has 0 aliphatic carbocycles. The van der Waals surface area contributed by atoms with E-state index in [4.69, 9.17) is 16.3 Å². The number of carbonyl (C=O) groups excluding carboxylic acids is 2. The van der Waals surface area contributed by atoms with E-state index >= 15 is 0 Å². The Balaban J connectivity index is 0.000000190. The Morgan fingerprint density at radius 2 is 1.87 bits per heavy atom. The molecule has 0 saturated carbocycles. The normalized spacial score (nSPS) is 12.3. The van der Waals surface area contributed by atoms with E-state index in [1.807, 2.05) is 66.3 Å². The molecule has 8 heteroatoms. The molecule has 2 aromatic carbocycles. The molecule has 1 aliphatic heterocycles. The minimum absolute atomic E-state index is 0.131. The van der Waals surface area contributed by atoms with Crippen LogP contribution in [-0.4, -0.2) is 28.4 Å². The minimum Gasteiger partial charge on any atom is -0.399 e. The van der Waals surface area contributed by atoms with Crippen molar-refractivity contribution < 1.29 is 9.59 Å². The van der Waals surface area contributed by atoms with E-state index in [1.165, 1.54) is 0 Å². The molecule has 3 heterocycles. The summed E-state index contributed by atoms with van der Waals surface area (Å²) in [5.41, 5.74) is 16.0. The lowest BCUT2D eigenvalue weighted by Crippen LogP contribution is -2.34. The molecule has 0 fully saturated rings. The number of amides is 1. The van der Waals surface area contributed by atoms with Gasteiger partial charge in [0.15, 0.2) is 0 Å². The quantitative estimate of drug-likeness (QED) is 0.413. The lowest BCUT2D eigenvalue weighted by Gasteiger charge is -2.29. The first kappa shape index (κ1) is 21.9. The van der Waals surface area contributed by atoms with Crippen LogP contribution >= 0.6 is 11.8 Å². The summed E-state index contributed by atoms with van der Waals surface area (Å²) in [7, 11) is 0. The van der Waals surface area contributed by atoms with Gasteiger partial charge in [0.25, 0.3) is 0 Å². The second-order valence-corrected chi connectivity index (χ2v) is 7.66. The van der Waals surface area contributed by atoms with Crippen molar-refractivity contribution in [2.24, 2.45) is 0 Å². The molecule has 5 rings (SSSR count). The van der Waals surface area contributed by atoms with E-state index in [0.29, 0.717) is 18.0 Å². The molecule has 1 aliphatic rings. The van der Waals surface area contributed by atoms with Crippen LogP contribution in [0.3, 0.4) is 0 Å². The second-order valence-electron chi connectivity index (χ2n) is 6.65. The minimum atomic E-state index is 0.131. The summed E-state index contributed by atoms with van der Waals surface area (Å²) >= 11 is 1.57. The zero-order valence-corrected chi connectivity index (χ0v) is 17.6. The maximum atomic E-state index is 12.1. The van der Waals surface area contributed by atoms with Gasteiger partial charge in [-0.2, -0.15) is 0 Å². The predicted molar refractivity (Wildman–Crippen MR) is 127 cm³/mol. The molecule has 1 amide bonds. The van der Waals surface area contributed by atoms with Gasteiger partial charge in [-0.3, -0.25) is 9.78 Å². The number of benzene rings is 2. The van der Waals surface area contributed by atoms with Crippen molar-refractivity contribution in [2.75, 3.05) is 22.1 Å². The van der Waals surface area contributed by atoms with Crippen LogP contribution in [0.2, 0.25) is 0 Å². The summed E-state index contributed by atoms with van der Waals surface area (Å²) in [6.07, 6.45) is 5.26. The van der Waals surface area contributed by atoms with E-state index in [-0.39, 0.29) is 5.91 Å². The number of thioether (sulfide) groups is 1. The Kier molecular flexibility index (Phi) is 7.29. The van der Waals surface area contributed by atoms with Crippen molar-refractivity contribution in [3.05, 3.63) is 78.8 Å². The van der Waals surface area contributed by atoms with Crippen LogP contribution in [0, 0.1) is 0 Å². The van der Waals surface area contributed by atoms with Gasteiger partial charge in [-0.15, -0.1) is 11.8 Å². The number of hydrogen-bond acceptors (Lipinski definition) is 6. The van der Waals surface area contributed by atoms with E-state index in [9.17, 15) is 4.79 Å². The van der Waals surface area contributed by atoms with Crippen LogP contribution in [0.5, 0.6) is 0 Å². The molecular formula is C23H23N5O2S. The van der Waals surface area contributed by atoms with Gasteiger partial charge in [-0.25, -0.2) is 0 Å². The van der Waals surface area contributed by atoms with Crippen molar-refractivity contribution >= 4 is 52.4 Å². The van der Waals surface area contributed by atoms with Gasteiger partial charge in [0, 0.05) is 34.6 Å². The van der Waals surface area contributed by atoms with Gasteiger partial charge in [-0.1, -0.05) is 30.3 Å². The average Bonchev–Trinajstić information content (AvgIpc) is 3.19. The number of aromatic nitrogens is 2. The lowest BCUT2D eigenvalue weighted by molar-refractivity contribution is -0.116. The lowest BCUT2D eigenvalue weighted by atomic mass is 10.2. The number of nitrogens with zero attached hydrogens (tertiary/aromatic N) is 2. The molecule has 0 saturated heterocycles. The Morgan fingerprint density at radius 3 is 2.61 bits per heavy atom. The molecular weight excluding hydrogens is 410 g/mol. The van der Waals surface area contributed by atoms with Gasteiger partial charge in [-0.05, 0) is 29.8 Å². The van der Waals surface area contributed by atoms with Crippen molar-refractivity contribution in [3.8, 4) is 0 Å². The van der Waals surface area contributed by atoms with Crippen LogP contribution in [0.4, 0.5) is 17.1 Å². The summed E-state index contributed by atoms with van der Waals surface area (Å²) < 4.78 is 0. The van der Waals surface area contributed by atoms with Crippen LogP contribution < -0.4 is 16.4 Å². The number of hydrogen-bond donors (Lipinski definition) is 3. The zero-order valence-electron chi connectivity index (χ0n) is 16.8. The highest BCUT2D eigenvalue weighted by Crippen LogP contribution is 2.37. The van der Waals surface area contributed by atoms with Crippen molar-refractivity contribution in [1.82, 2.24) is 9.97 Å². The zero-order chi connectivity index (χ0) is 22.2. The van der Waals surface area contributed by atoms with Crippen molar-refractivity contribution in [2.45, 2.75) is 11.4 Å². The van der Waals surface area contributed by atoms with Crippen molar-refractivity contribution in [1.29, 1.82) is 0 Å². The predicted octanol–water partition coefficient (Wildman–Crippen LogP) is 3.87. The second kappa shape index (κ2) is 10.3. The first-order valence-corrected chi connectivity index (χ1v) is 10.4. The summed E-state index contributed by atoms with van der Waals surface area (Å²) in [5, 5.41) is 0.988. The fraction of sp³-hybridized carbons (Fsp3) is 0.0870. The highest BCUT2D eigenvalue weighted by Gasteiger charge is 2.24. The standard InChI is InChI=1S/C15H14N2OS.C7H7N3.CH2O/c16-12-6-7-14-13(8-12)17(15(18)10-19-14)9-11-4-2-1-3-5-11;8-6-4-10-7-1-2-9-3-5(6)7;1-2/h1-8H,9-10,16H2;1-4,10H,8H2;1H2. The molecule has 0 atom stereocenters. The van der Waals surface area contributed by atoms with Gasteiger partial charge < -0.3 is 26.1 Å². The Hall–Kier alpha value is -3.78. The number of rotatable bonds is 2. The summed E-state index contributed by atoms with van der Waals surface area (Å²) in [4.78, 5) is 30.0. The smallest absolute Gasteiger partial charge is 0.237 e. The number of carbonyl (C=O) groups is 2. The van der Waals surface area contributed by atoms with Crippen molar-refractivity contribution in [3.63, 3.8) is 0 Å². The molecule has 0 spiro atoms. The number of anilines is 3. The Labute approximate surface area is 184 Å².